The fourth-order valence-electron chi connectivity index (χ4n) is 2.05. The Hall–Kier alpha value is -0.420. The molecule has 1 aliphatic heterocycles. The van der Waals surface area contributed by atoms with Crippen molar-refractivity contribution in [2.75, 3.05) is 6.61 Å². The molecule has 1 aromatic rings. The van der Waals surface area contributed by atoms with Crippen LogP contribution in [0.2, 0.25) is 0 Å². The van der Waals surface area contributed by atoms with E-state index >= 15 is 0 Å². The number of ether oxygens (including phenoxy) is 1. The number of hydrogen-bond donors (Lipinski definition) is 2. The minimum atomic E-state index is 0.301. The molecule has 0 spiro atoms. The Morgan fingerprint density at radius 2 is 2.60 bits per heavy atom. The highest BCUT2D eigenvalue weighted by molar-refractivity contribution is 7.09. The van der Waals surface area contributed by atoms with Gasteiger partial charge >= 0.3 is 0 Å². The first-order valence-corrected chi connectivity index (χ1v) is 6.38. The molecule has 0 bridgehead atoms. The smallest absolute Gasteiger partial charge is 0.0742 e. The van der Waals surface area contributed by atoms with Crippen molar-refractivity contribution in [2.45, 2.75) is 37.8 Å². The van der Waals surface area contributed by atoms with Gasteiger partial charge in [-0.25, -0.2) is 0 Å². The SMILES string of the molecule is NNC(CCc1cccs1)C1CCCO1. The van der Waals surface area contributed by atoms with Crippen molar-refractivity contribution in [2.24, 2.45) is 5.84 Å². The second kappa shape index (κ2) is 5.61. The maximum atomic E-state index is 5.64. The molecule has 3 N–H and O–H groups in total. The van der Waals surface area contributed by atoms with Gasteiger partial charge in [-0.05, 0) is 37.1 Å². The van der Waals surface area contributed by atoms with E-state index in [-0.39, 0.29) is 0 Å². The van der Waals surface area contributed by atoms with Crippen molar-refractivity contribution in [1.29, 1.82) is 0 Å². The minimum absolute atomic E-state index is 0.301. The molecule has 84 valence electrons. The average molecular weight is 226 g/mol. The van der Waals surface area contributed by atoms with Crippen LogP contribution in [0.3, 0.4) is 0 Å². The Morgan fingerprint density at radius 1 is 1.67 bits per heavy atom. The number of nitrogens with two attached hydrogens (primary N) is 1. The molecule has 1 aliphatic rings. The molecule has 2 rings (SSSR count). The van der Waals surface area contributed by atoms with E-state index in [1.165, 1.54) is 11.3 Å². The van der Waals surface area contributed by atoms with Crippen molar-refractivity contribution in [1.82, 2.24) is 5.43 Å². The first kappa shape index (κ1) is 11.1. The van der Waals surface area contributed by atoms with Gasteiger partial charge in [0.05, 0.1) is 6.10 Å². The molecule has 3 nitrogen and oxygen atoms in total. The van der Waals surface area contributed by atoms with Crippen LogP contribution < -0.4 is 11.3 Å². The van der Waals surface area contributed by atoms with E-state index in [1.807, 2.05) is 11.3 Å². The van der Waals surface area contributed by atoms with Crippen LogP contribution in [0.4, 0.5) is 0 Å². The first-order chi connectivity index (χ1) is 7.40. The van der Waals surface area contributed by atoms with Crippen LogP contribution in [0.1, 0.15) is 24.1 Å². The maximum absolute atomic E-state index is 5.64. The third-order valence-corrected chi connectivity index (χ3v) is 3.85. The summed E-state index contributed by atoms with van der Waals surface area (Å²) >= 11 is 1.81. The second-order valence-corrected chi connectivity index (χ2v) is 4.97. The van der Waals surface area contributed by atoms with Crippen LogP contribution in [-0.2, 0) is 11.2 Å². The highest BCUT2D eigenvalue weighted by atomic mass is 32.1. The third-order valence-electron chi connectivity index (χ3n) is 2.91. The van der Waals surface area contributed by atoms with Crippen molar-refractivity contribution in [3.05, 3.63) is 22.4 Å². The number of nitrogens with one attached hydrogen (secondary N) is 1. The third kappa shape index (κ3) is 3.01. The van der Waals surface area contributed by atoms with E-state index in [4.69, 9.17) is 10.6 Å². The summed E-state index contributed by atoms with van der Waals surface area (Å²) in [5.74, 6) is 5.57. The van der Waals surface area contributed by atoms with Crippen LogP contribution >= 0.6 is 11.3 Å². The summed E-state index contributed by atoms with van der Waals surface area (Å²) in [5, 5.41) is 2.12. The van der Waals surface area contributed by atoms with Gasteiger partial charge in [-0.3, -0.25) is 11.3 Å². The molecule has 0 saturated carbocycles. The van der Waals surface area contributed by atoms with E-state index in [2.05, 4.69) is 22.9 Å². The maximum Gasteiger partial charge on any atom is 0.0742 e. The lowest BCUT2D eigenvalue weighted by atomic mass is 10.0. The van der Waals surface area contributed by atoms with E-state index in [0.29, 0.717) is 12.1 Å². The fourth-order valence-corrected chi connectivity index (χ4v) is 2.77. The summed E-state index contributed by atoms with van der Waals surface area (Å²) in [7, 11) is 0. The Labute approximate surface area is 94.6 Å². The summed E-state index contributed by atoms with van der Waals surface area (Å²) < 4.78 is 5.64. The average Bonchev–Trinajstić information content (AvgIpc) is 2.90. The molecule has 1 fully saturated rings. The number of hydrazine groups is 1. The van der Waals surface area contributed by atoms with Gasteiger partial charge in [0.25, 0.3) is 0 Å². The van der Waals surface area contributed by atoms with Crippen LogP contribution in [0.5, 0.6) is 0 Å². The lowest BCUT2D eigenvalue weighted by molar-refractivity contribution is 0.0758. The minimum Gasteiger partial charge on any atom is -0.377 e. The molecule has 0 amide bonds. The highest BCUT2D eigenvalue weighted by Crippen LogP contribution is 2.19. The predicted molar refractivity (Wildman–Crippen MR) is 62.7 cm³/mol. The molecule has 2 atom stereocenters. The van der Waals surface area contributed by atoms with Gasteiger partial charge in [-0.1, -0.05) is 6.07 Å². The van der Waals surface area contributed by atoms with Crippen LogP contribution in [0.25, 0.3) is 0 Å². The Balaban J connectivity index is 1.80. The summed E-state index contributed by atoms with van der Waals surface area (Å²) in [6, 6.07) is 4.57. The summed E-state index contributed by atoms with van der Waals surface area (Å²) in [6.07, 6.45) is 4.77. The lowest BCUT2D eigenvalue weighted by Gasteiger charge is -2.21. The molecule has 1 saturated heterocycles. The largest absolute Gasteiger partial charge is 0.377 e. The Kier molecular flexibility index (Phi) is 4.14. The number of hydrogen-bond acceptors (Lipinski definition) is 4. The molecule has 0 radical (unpaired) electrons. The van der Waals surface area contributed by atoms with Crippen molar-refractivity contribution >= 4 is 11.3 Å². The van der Waals surface area contributed by atoms with Gasteiger partial charge in [-0.2, -0.15) is 0 Å². The molecular formula is C11H18N2OS. The monoisotopic (exact) mass is 226 g/mol. The topological polar surface area (TPSA) is 47.3 Å². The summed E-state index contributed by atoms with van der Waals surface area (Å²) in [5.41, 5.74) is 2.89. The van der Waals surface area contributed by atoms with E-state index < -0.39 is 0 Å². The summed E-state index contributed by atoms with van der Waals surface area (Å²) in [4.78, 5) is 1.42. The Bertz CT molecular complexity index is 270. The van der Waals surface area contributed by atoms with Gasteiger partial charge in [0.2, 0.25) is 0 Å². The zero-order valence-electron chi connectivity index (χ0n) is 8.82. The standard InChI is InChI=1S/C11H18N2OS/c12-13-10(11-4-1-7-14-11)6-5-9-3-2-8-15-9/h2-3,8,10-11,13H,1,4-7,12H2. The molecule has 2 heterocycles. The van der Waals surface area contributed by atoms with Crippen molar-refractivity contribution in [3.63, 3.8) is 0 Å². The van der Waals surface area contributed by atoms with Crippen molar-refractivity contribution in [3.8, 4) is 0 Å². The van der Waals surface area contributed by atoms with Crippen LogP contribution in [-0.4, -0.2) is 18.8 Å². The van der Waals surface area contributed by atoms with Crippen molar-refractivity contribution < 1.29 is 4.74 Å². The van der Waals surface area contributed by atoms with Gasteiger partial charge in [0.15, 0.2) is 0 Å². The predicted octanol–water partition coefficient (Wildman–Crippen LogP) is 1.69. The Morgan fingerprint density at radius 3 is 3.20 bits per heavy atom. The molecule has 0 aliphatic carbocycles. The first-order valence-electron chi connectivity index (χ1n) is 5.50. The van der Waals surface area contributed by atoms with Crippen LogP contribution in [0.15, 0.2) is 17.5 Å². The van der Waals surface area contributed by atoms with Crippen LogP contribution in [0, 0.1) is 0 Å². The van der Waals surface area contributed by atoms with Gasteiger partial charge < -0.3 is 4.74 Å². The van der Waals surface area contributed by atoms with E-state index in [9.17, 15) is 0 Å². The number of thiophene rings is 1. The number of aryl methyl sites for hydroxylation is 1. The fraction of sp³-hybridized carbons (Fsp3) is 0.636. The molecule has 1 aromatic heterocycles. The van der Waals surface area contributed by atoms with E-state index in [1.54, 1.807) is 0 Å². The molecule has 4 heteroatoms. The molecule has 2 unspecified atom stereocenters. The van der Waals surface area contributed by atoms with Gasteiger partial charge in [-0.15, -0.1) is 11.3 Å². The number of rotatable bonds is 5. The molecule has 15 heavy (non-hydrogen) atoms. The highest BCUT2D eigenvalue weighted by Gasteiger charge is 2.24. The molecule has 0 aromatic carbocycles. The lowest BCUT2D eigenvalue weighted by Crippen LogP contribution is -2.44. The zero-order valence-corrected chi connectivity index (χ0v) is 9.63. The zero-order chi connectivity index (χ0) is 10.5. The summed E-state index contributed by atoms with van der Waals surface area (Å²) in [6.45, 7) is 0.891. The quantitative estimate of drug-likeness (QED) is 0.593. The van der Waals surface area contributed by atoms with Gasteiger partial charge in [0, 0.05) is 17.5 Å². The normalized spacial score (nSPS) is 23.1. The second-order valence-electron chi connectivity index (χ2n) is 3.94. The molecular weight excluding hydrogens is 208 g/mol. The van der Waals surface area contributed by atoms with E-state index in [0.717, 1.165) is 25.9 Å². The van der Waals surface area contributed by atoms with Gasteiger partial charge in [0.1, 0.15) is 0 Å².